The van der Waals surface area contributed by atoms with Crippen molar-refractivity contribution in [2.45, 2.75) is 64.0 Å². The molecule has 2 fully saturated rings. The van der Waals surface area contributed by atoms with E-state index in [1.807, 2.05) is 44.8 Å². The summed E-state index contributed by atoms with van der Waals surface area (Å²) < 4.78 is 1.99. The predicted molar refractivity (Wildman–Crippen MR) is 141 cm³/mol. The number of pyridine rings is 1. The van der Waals surface area contributed by atoms with Crippen LogP contribution in [0.1, 0.15) is 77.3 Å². The van der Waals surface area contributed by atoms with Crippen LogP contribution in [0.25, 0.3) is 0 Å². The maximum absolute atomic E-state index is 14.1. The number of amides is 2. The minimum Gasteiger partial charge on any atom is -0.337 e. The average molecular weight is 498 g/mol. The maximum atomic E-state index is 14.1. The van der Waals surface area contributed by atoms with E-state index < -0.39 is 0 Å². The van der Waals surface area contributed by atoms with Crippen LogP contribution in [0.15, 0.2) is 54.9 Å². The molecule has 4 heterocycles. The molecule has 0 spiro atoms. The zero-order valence-corrected chi connectivity index (χ0v) is 21.4. The number of fused-ring (bicyclic) bond motifs is 1. The zero-order valence-electron chi connectivity index (χ0n) is 21.4. The highest BCUT2D eigenvalue weighted by Gasteiger charge is 2.38. The Hall–Kier alpha value is -3.48. The van der Waals surface area contributed by atoms with Gasteiger partial charge in [0.1, 0.15) is 0 Å². The second-order valence-electron chi connectivity index (χ2n) is 10.7. The van der Waals surface area contributed by atoms with Crippen molar-refractivity contribution in [3.8, 4) is 0 Å². The molecular weight excluding hydrogens is 462 g/mol. The molecule has 0 radical (unpaired) electrons. The van der Waals surface area contributed by atoms with Gasteiger partial charge in [0.25, 0.3) is 5.91 Å². The molecule has 2 aliphatic heterocycles. The first-order chi connectivity index (χ1) is 18.2. The molecule has 7 heteroatoms. The van der Waals surface area contributed by atoms with Crippen LogP contribution in [0, 0.1) is 5.92 Å². The fourth-order valence-corrected chi connectivity index (χ4v) is 6.48. The molecule has 6 rings (SSSR count). The van der Waals surface area contributed by atoms with E-state index in [1.165, 1.54) is 12.8 Å². The highest BCUT2D eigenvalue weighted by atomic mass is 16.2. The number of rotatable bonds is 6. The van der Waals surface area contributed by atoms with E-state index in [4.69, 9.17) is 5.10 Å². The lowest BCUT2D eigenvalue weighted by molar-refractivity contribution is -0.135. The minimum absolute atomic E-state index is 0.00642. The second-order valence-corrected chi connectivity index (χ2v) is 10.7. The molecule has 1 unspecified atom stereocenters. The van der Waals surface area contributed by atoms with Crippen molar-refractivity contribution < 1.29 is 9.59 Å². The molecule has 0 N–H and O–H groups in total. The third-order valence-corrected chi connectivity index (χ3v) is 8.42. The second kappa shape index (κ2) is 10.5. The highest BCUT2D eigenvalue weighted by Crippen LogP contribution is 2.39. The van der Waals surface area contributed by atoms with Crippen molar-refractivity contribution in [3.05, 3.63) is 82.9 Å². The Morgan fingerprint density at radius 3 is 2.35 bits per heavy atom. The van der Waals surface area contributed by atoms with Gasteiger partial charge in [0.05, 0.1) is 12.5 Å². The van der Waals surface area contributed by atoms with E-state index in [2.05, 4.69) is 17.1 Å². The molecule has 1 saturated heterocycles. The van der Waals surface area contributed by atoms with Gasteiger partial charge in [0, 0.05) is 56.3 Å². The van der Waals surface area contributed by atoms with Crippen LogP contribution in [-0.2, 0) is 24.3 Å². The summed E-state index contributed by atoms with van der Waals surface area (Å²) >= 11 is 0. The van der Waals surface area contributed by atoms with Crippen LogP contribution < -0.4 is 0 Å². The molecule has 1 atom stereocenters. The Morgan fingerprint density at radius 2 is 1.62 bits per heavy atom. The topological polar surface area (TPSA) is 71.3 Å². The van der Waals surface area contributed by atoms with E-state index >= 15 is 0 Å². The Kier molecular flexibility index (Phi) is 6.77. The van der Waals surface area contributed by atoms with Gasteiger partial charge in [-0.1, -0.05) is 43.2 Å². The van der Waals surface area contributed by atoms with Gasteiger partial charge in [-0.25, -0.2) is 0 Å². The summed E-state index contributed by atoms with van der Waals surface area (Å²) in [6.45, 7) is 3.27. The van der Waals surface area contributed by atoms with E-state index in [-0.39, 0.29) is 17.7 Å². The predicted octanol–water partition coefficient (Wildman–Crippen LogP) is 4.42. The van der Waals surface area contributed by atoms with Crippen molar-refractivity contribution >= 4 is 11.8 Å². The lowest BCUT2D eigenvalue weighted by Gasteiger charge is -2.33. The van der Waals surface area contributed by atoms with Crippen LogP contribution >= 0.6 is 0 Å². The molecule has 2 aromatic heterocycles. The van der Waals surface area contributed by atoms with Gasteiger partial charge in [-0.3, -0.25) is 19.3 Å². The first-order valence-corrected chi connectivity index (χ1v) is 13.8. The average Bonchev–Trinajstić information content (AvgIpc) is 3.72. The standard InChI is InChI=1S/C30H35N5O2/c36-29(27(24-10-4-5-11-24)23-8-2-1-3-9-23)34-19-14-26-25(21-34)28(30(37)33-17-6-7-18-33)32-35(26)20-22-12-15-31-16-13-22/h1-3,8-9,12-13,15-16,24,27H,4-7,10-11,14,17-21H2. The molecular formula is C30H35N5O2. The minimum atomic E-state index is -0.116. The monoisotopic (exact) mass is 497 g/mol. The van der Waals surface area contributed by atoms with Gasteiger partial charge in [-0.05, 0) is 54.9 Å². The Bertz CT molecular complexity index is 1240. The Morgan fingerprint density at radius 1 is 0.892 bits per heavy atom. The van der Waals surface area contributed by atoms with E-state index in [9.17, 15) is 9.59 Å². The number of hydrogen-bond donors (Lipinski definition) is 0. The lowest BCUT2D eigenvalue weighted by Crippen LogP contribution is -2.41. The molecule has 2 amide bonds. The Balaban J connectivity index is 1.32. The fourth-order valence-electron chi connectivity index (χ4n) is 6.48. The number of nitrogens with zero attached hydrogens (tertiary/aromatic N) is 5. The first-order valence-electron chi connectivity index (χ1n) is 13.8. The van der Waals surface area contributed by atoms with Gasteiger partial charge in [-0.15, -0.1) is 0 Å². The third kappa shape index (κ3) is 4.79. The van der Waals surface area contributed by atoms with Crippen LogP contribution in [0.2, 0.25) is 0 Å². The number of carbonyl (C=O) groups excluding carboxylic acids is 2. The summed E-state index contributed by atoms with van der Waals surface area (Å²) in [5.41, 5.74) is 4.77. The molecule has 1 aliphatic carbocycles. The molecule has 37 heavy (non-hydrogen) atoms. The van der Waals surface area contributed by atoms with E-state index in [0.29, 0.717) is 37.7 Å². The molecule has 3 aliphatic rings. The number of hydrogen-bond acceptors (Lipinski definition) is 4. The Labute approximate surface area is 218 Å². The highest BCUT2D eigenvalue weighted by molar-refractivity contribution is 5.94. The number of aromatic nitrogens is 3. The summed E-state index contributed by atoms with van der Waals surface area (Å²) in [7, 11) is 0. The fraction of sp³-hybridized carbons (Fsp3) is 0.467. The molecule has 1 saturated carbocycles. The molecule has 1 aromatic carbocycles. The quantitative estimate of drug-likeness (QED) is 0.505. The van der Waals surface area contributed by atoms with Gasteiger partial charge in [-0.2, -0.15) is 5.10 Å². The first kappa shape index (κ1) is 23.9. The van der Waals surface area contributed by atoms with Crippen molar-refractivity contribution in [3.63, 3.8) is 0 Å². The van der Waals surface area contributed by atoms with Gasteiger partial charge in [0.2, 0.25) is 5.91 Å². The number of likely N-dealkylation sites (tertiary alicyclic amines) is 1. The van der Waals surface area contributed by atoms with Gasteiger partial charge < -0.3 is 9.80 Å². The third-order valence-electron chi connectivity index (χ3n) is 8.42. The van der Waals surface area contributed by atoms with Crippen molar-refractivity contribution in [1.29, 1.82) is 0 Å². The van der Waals surface area contributed by atoms with E-state index in [0.717, 1.165) is 61.2 Å². The summed E-state index contributed by atoms with van der Waals surface area (Å²) in [6.07, 6.45) is 11.0. The van der Waals surface area contributed by atoms with Crippen LogP contribution in [-0.4, -0.2) is 56.0 Å². The molecule has 0 bridgehead atoms. The van der Waals surface area contributed by atoms with Crippen LogP contribution in [0.3, 0.4) is 0 Å². The molecule has 7 nitrogen and oxygen atoms in total. The summed E-state index contributed by atoms with van der Waals surface area (Å²) in [4.78, 5) is 35.7. The van der Waals surface area contributed by atoms with Crippen molar-refractivity contribution in [2.75, 3.05) is 19.6 Å². The zero-order chi connectivity index (χ0) is 25.2. The number of benzene rings is 1. The summed E-state index contributed by atoms with van der Waals surface area (Å²) in [5, 5.41) is 4.87. The normalized spacial score (nSPS) is 18.7. The van der Waals surface area contributed by atoms with Crippen LogP contribution in [0.4, 0.5) is 0 Å². The maximum Gasteiger partial charge on any atom is 0.274 e. The summed E-state index contributed by atoms with van der Waals surface area (Å²) in [6, 6.07) is 14.3. The van der Waals surface area contributed by atoms with Gasteiger partial charge >= 0.3 is 0 Å². The number of carbonyl (C=O) groups is 2. The molecule has 3 aromatic rings. The SMILES string of the molecule is O=C(c1nn(Cc2ccncc2)c2c1CN(C(=O)C(c1ccccc1)C1CCCC1)CC2)N1CCCC1. The molecule has 192 valence electrons. The van der Waals surface area contributed by atoms with Gasteiger partial charge in [0.15, 0.2) is 5.69 Å². The van der Waals surface area contributed by atoms with Crippen molar-refractivity contribution in [2.24, 2.45) is 5.92 Å². The lowest BCUT2D eigenvalue weighted by atomic mass is 9.83. The van der Waals surface area contributed by atoms with E-state index in [1.54, 1.807) is 12.4 Å². The van der Waals surface area contributed by atoms with Crippen LogP contribution in [0.5, 0.6) is 0 Å². The summed E-state index contributed by atoms with van der Waals surface area (Å²) in [5.74, 6) is 0.475. The largest absolute Gasteiger partial charge is 0.337 e. The van der Waals surface area contributed by atoms with Crippen molar-refractivity contribution in [1.82, 2.24) is 24.6 Å². The smallest absolute Gasteiger partial charge is 0.274 e.